The van der Waals surface area contributed by atoms with Crippen molar-refractivity contribution in [2.75, 3.05) is 0 Å². The van der Waals surface area contributed by atoms with Crippen LogP contribution >= 0.6 is 0 Å². The first-order valence-electron chi connectivity index (χ1n) is 7.59. The third-order valence-corrected chi connectivity index (χ3v) is 3.59. The number of fused-ring (bicyclic) bond motifs is 1. The lowest BCUT2D eigenvalue weighted by molar-refractivity contribution is 0.0697. The average Bonchev–Trinajstić information content (AvgIpc) is 2.92. The molecule has 0 spiro atoms. The molecule has 0 unspecified atom stereocenters. The molecule has 2 aromatic heterocycles. The third-order valence-electron chi connectivity index (χ3n) is 3.59. The van der Waals surface area contributed by atoms with Gasteiger partial charge in [0.25, 0.3) is 0 Å². The molecule has 0 aliphatic heterocycles. The van der Waals surface area contributed by atoms with Gasteiger partial charge in [-0.25, -0.2) is 9.78 Å². The van der Waals surface area contributed by atoms with E-state index in [9.17, 15) is 4.79 Å². The van der Waals surface area contributed by atoms with E-state index in [1.807, 2.05) is 28.8 Å². The van der Waals surface area contributed by atoms with Crippen LogP contribution in [0, 0.1) is 0 Å². The van der Waals surface area contributed by atoms with Gasteiger partial charge in [-0.2, -0.15) is 0 Å². The lowest BCUT2D eigenvalue weighted by atomic mass is 9.92. The predicted molar refractivity (Wildman–Crippen MR) is 91.5 cm³/mol. The van der Waals surface area contributed by atoms with Gasteiger partial charge < -0.3 is 5.11 Å². The maximum absolute atomic E-state index is 10.9. The summed E-state index contributed by atoms with van der Waals surface area (Å²) >= 11 is 0. The molecule has 0 aliphatic carbocycles. The molecule has 0 fully saturated rings. The highest BCUT2D eigenvalue weighted by Gasteiger charge is 2.23. The molecule has 24 heavy (non-hydrogen) atoms. The quantitative estimate of drug-likeness (QED) is 0.707. The average molecular weight is 322 g/mol. The molecule has 1 N–H and O–H groups in total. The molecule has 3 rings (SSSR count). The van der Waals surface area contributed by atoms with E-state index in [0.29, 0.717) is 11.5 Å². The van der Waals surface area contributed by atoms with Crippen molar-refractivity contribution in [2.24, 2.45) is 10.2 Å². The molecule has 0 bridgehead atoms. The summed E-state index contributed by atoms with van der Waals surface area (Å²) in [5.41, 5.74) is 2.31. The van der Waals surface area contributed by atoms with Crippen LogP contribution in [0.25, 0.3) is 5.65 Å². The van der Waals surface area contributed by atoms with Gasteiger partial charge >= 0.3 is 5.97 Å². The Labute approximate surface area is 139 Å². The molecule has 0 saturated carbocycles. The van der Waals surface area contributed by atoms with Gasteiger partial charge in [0.05, 0.1) is 16.9 Å². The lowest BCUT2D eigenvalue weighted by Crippen LogP contribution is -2.11. The van der Waals surface area contributed by atoms with E-state index in [0.717, 1.165) is 11.3 Å². The van der Waals surface area contributed by atoms with Crippen molar-refractivity contribution in [3.05, 3.63) is 59.9 Å². The molecule has 0 atom stereocenters. The summed E-state index contributed by atoms with van der Waals surface area (Å²) in [5, 5.41) is 17.6. The molecule has 1 aromatic carbocycles. The Kier molecular flexibility index (Phi) is 3.89. The fraction of sp³-hybridized carbons (Fsp3) is 0.222. The van der Waals surface area contributed by atoms with Crippen LogP contribution in [0.4, 0.5) is 11.5 Å². The number of pyridine rings is 1. The van der Waals surface area contributed by atoms with Gasteiger partial charge in [-0.1, -0.05) is 26.8 Å². The Morgan fingerprint density at radius 3 is 2.42 bits per heavy atom. The number of rotatable bonds is 3. The second-order valence-electron chi connectivity index (χ2n) is 6.51. The van der Waals surface area contributed by atoms with Crippen LogP contribution in [-0.4, -0.2) is 20.5 Å². The van der Waals surface area contributed by atoms with E-state index in [1.54, 1.807) is 12.1 Å². The zero-order valence-corrected chi connectivity index (χ0v) is 13.8. The summed E-state index contributed by atoms with van der Waals surface area (Å²) in [5.74, 6) is -0.282. The largest absolute Gasteiger partial charge is 0.478 e. The predicted octanol–water partition coefficient (Wildman–Crippen LogP) is 4.75. The van der Waals surface area contributed by atoms with E-state index >= 15 is 0 Å². The first-order chi connectivity index (χ1) is 11.4. The standard InChI is InChI=1S/C18H18N4O2/c1-18(2,3)15-16(22-11-5-4-6-14(22)19-15)21-20-13-9-7-12(8-10-13)17(23)24/h4-11H,1-3H3,(H,23,24). The van der Waals surface area contributed by atoms with Crippen molar-refractivity contribution >= 4 is 23.1 Å². The Hall–Kier alpha value is -3.02. The minimum absolute atomic E-state index is 0.173. The van der Waals surface area contributed by atoms with Crippen molar-refractivity contribution in [1.82, 2.24) is 9.38 Å². The number of nitrogens with zero attached hydrogens (tertiary/aromatic N) is 4. The number of carboxylic acid groups (broad SMARTS) is 1. The molecule has 0 radical (unpaired) electrons. The van der Waals surface area contributed by atoms with Crippen molar-refractivity contribution in [2.45, 2.75) is 26.2 Å². The molecule has 122 valence electrons. The van der Waals surface area contributed by atoms with E-state index in [-0.39, 0.29) is 11.0 Å². The smallest absolute Gasteiger partial charge is 0.335 e. The Balaban J connectivity index is 2.04. The molecule has 3 aromatic rings. The summed E-state index contributed by atoms with van der Waals surface area (Å²) in [4.78, 5) is 15.6. The molecular formula is C18H18N4O2. The van der Waals surface area contributed by atoms with Crippen LogP contribution in [0.5, 0.6) is 0 Å². The summed E-state index contributed by atoms with van der Waals surface area (Å²) < 4.78 is 1.90. The number of benzene rings is 1. The summed E-state index contributed by atoms with van der Waals surface area (Å²) in [6.07, 6.45) is 1.90. The number of imidazole rings is 1. The zero-order chi connectivity index (χ0) is 17.3. The Morgan fingerprint density at radius 2 is 1.79 bits per heavy atom. The van der Waals surface area contributed by atoms with Crippen molar-refractivity contribution in [3.8, 4) is 0 Å². The normalized spacial score (nSPS) is 12.1. The second-order valence-corrected chi connectivity index (χ2v) is 6.51. The topological polar surface area (TPSA) is 79.3 Å². The summed E-state index contributed by atoms with van der Waals surface area (Å²) in [7, 11) is 0. The second kappa shape index (κ2) is 5.88. The highest BCUT2D eigenvalue weighted by molar-refractivity contribution is 5.87. The van der Waals surface area contributed by atoms with Gasteiger partial charge in [0, 0.05) is 11.6 Å². The van der Waals surface area contributed by atoms with Gasteiger partial charge in [0.2, 0.25) is 0 Å². The van der Waals surface area contributed by atoms with Crippen molar-refractivity contribution in [1.29, 1.82) is 0 Å². The van der Waals surface area contributed by atoms with Gasteiger partial charge in [-0.05, 0) is 36.4 Å². The highest BCUT2D eigenvalue weighted by Crippen LogP contribution is 2.32. The fourth-order valence-electron chi connectivity index (χ4n) is 2.36. The monoisotopic (exact) mass is 322 g/mol. The first kappa shape index (κ1) is 15.9. The number of hydrogen-bond acceptors (Lipinski definition) is 4. The third kappa shape index (κ3) is 3.03. The Morgan fingerprint density at radius 1 is 1.08 bits per heavy atom. The van der Waals surface area contributed by atoms with E-state index in [4.69, 9.17) is 5.11 Å². The summed E-state index contributed by atoms with van der Waals surface area (Å²) in [6, 6.07) is 12.1. The SMILES string of the molecule is CC(C)(C)c1nc2ccccn2c1N=Nc1ccc(C(=O)O)cc1. The van der Waals surface area contributed by atoms with Crippen molar-refractivity contribution in [3.63, 3.8) is 0 Å². The van der Waals surface area contributed by atoms with Crippen LogP contribution < -0.4 is 0 Å². The Bertz CT molecular complexity index is 918. The summed E-state index contributed by atoms with van der Waals surface area (Å²) in [6.45, 7) is 6.24. The van der Waals surface area contributed by atoms with Crippen LogP contribution in [0.15, 0.2) is 58.9 Å². The molecule has 0 amide bonds. The van der Waals surface area contributed by atoms with Crippen LogP contribution in [-0.2, 0) is 5.41 Å². The van der Waals surface area contributed by atoms with Gasteiger partial charge in [-0.15, -0.1) is 10.2 Å². The molecule has 6 nitrogen and oxygen atoms in total. The fourth-order valence-corrected chi connectivity index (χ4v) is 2.36. The lowest BCUT2D eigenvalue weighted by Gasteiger charge is -2.15. The molecular weight excluding hydrogens is 304 g/mol. The van der Waals surface area contributed by atoms with Crippen LogP contribution in [0.2, 0.25) is 0 Å². The van der Waals surface area contributed by atoms with E-state index in [1.165, 1.54) is 12.1 Å². The zero-order valence-electron chi connectivity index (χ0n) is 13.8. The van der Waals surface area contributed by atoms with E-state index < -0.39 is 5.97 Å². The number of carboxylic acids is 1. The maximum Gasteiger partial charge on any atom is 0.335 e. The molecule has 0 aliphatic rings. The minimum Gasteiger partial charge on any atom is -0.478 e. The first-order valence-corrected chi connectivity index (χ1v) is 7.59. The van der Waals surface area contributed by atoms with Gasteiger partial charge in [-0.3, -0.25) is 4.40 Å². The number of aromatic carboxylic acids is 1. The number of hydrogen-bond donors (Lipinski definition) is 1. The van der Waals surface area contributed by atoms with Crippen LogP contribution in [0.3, 0.4) is 0 Å². The number of carbonyl (C=O) groups is 1. The number of azo groups is 1. The van der Waals surface area contributed by atoms with Crippen LogP contribution in [0.1, 0.15) is 36.8 Å². The van der Waals surface area contributed by atoms with Crippen molar-refractivity contribution < 1.29 is 9.90 Å². The maximum atomic E-state index is 10.9. The molecule has 2 heterocycles. The highest BCUT2D eigenvalue weighted by atomic mass is 16.4. The molecule has 0 saturated heterocycles. The molecule has 6 heteroatoms. The van der Waals surface area contributed by atoms with Gasteiger partial charge in [0.1, 0.15) is 5.65 Å². The van der Waals surface area contributed by atoms with E-state index in [2.05, 4.69) is 36.0 Å². The minimum atomic E-state index is -0.963. The number of aromatic nitrogens is 2. The van der Waals surface area contributed by atoms with Gasteiger partial charge in [0.15, 0.2) is 5.82 Å².